The van der Waals surface area contributed by atoms with Crippen LogP contribution in [0.15, 0.2) is 35.2 Å². The Morgan fingerprint density at radius 2 is 1.50 bits per heavy atom. The summed E-state index contributed by atoms with van der Waals surface area (Å²) in [5, 5.41) is 0. The molecule has 0 radical (unpaired) electrons. The van der Waals surface area contributed by atoms with Crippen molar-refractivity contribution in [3.05, 3.63) is 59.4 Å². The summed E-state index contributed by atoms with van der Waals surface area (Å²) in [7, 11) is -3.84. The van der Waals surface area contributed by atoms with E-state index in [1.807, 2.05) is 0 Å². The van der Waals surface area contributed by atoms with Crippen molar-refractivity contribution in [3.8, 4) is 0 Å². The van der Waals surface area contributed by atoms with Crippen LogP contribution in [0.25, 0.3) is 0 Å². The molecule has 0 bridgehead atoms. The summed E-state index contributed by atoms with van der Waals surface area (Å²) in [6.07, 6.45) is 0. The third-order valence-electron chi connectivity index (χ3n) is 2.89. The van der Waals surface area contributed by atoms with E-state index in [-0.39, 0.29) is 0 Å². The zero-order chi connectivity index (χ0) is 16.7. The molecule has 0 saturated heterocycles. The number of halogens is 5. The molecule has 0 spiro atoms. The van der Waals surface area contributed by atoms with Crippen molar-refractivity contribution in [3.63, 3.8) is 0 Å². The molecule has 0 aliphatic rings. The van der Waals surface area contributed by atoms with Crippen molar-refractivity contribution in [2.45, 2.75) is 4.90 Å². The molecule has 2 aromatic carbocycles. The van der Waals surface area contributed by atoms with Gasteiger partial charge in [-0.25, -0.2) is 30.4 Å². The molecule has 0 atom stereocenters. The van der Waals surface area contributed by atoms with Crippen molar-refractivity contribution in [2.75, 3.05) is 11.4 Å². The Morgan fingerprint density at radius 3 is 2.09 bits per heavy atom. The van der Waals surface area contributed by atoms with E-state index in [9.17, 15) is 30.4 Å². The van der Waals surface area contributed by atoms with Gasteiger partial charge in [0.25, 0.3) is 10.0 Å². The number of sulfonamides is 1. The molecular formula is C13H8F5NO2S. The SMILES string of the molecule is CN(c1ccc(F)cc1F)S(=O)(=O)c1ccc(F)c(F)c1F. The topological polar surface area (TPSA) is 37.4 Å². The molecule has 0 fully saturated rings. The molecule has 2 rings (SSSR count). The number of anilines is 1. The first kappa shape index (κ1) is 16.2. The quantitative estimate of drug-likeness (QED) is 0.637. The van der Waals surface area contributed by atoms with Crippen molar-refractivity contribution >= 4 is 15.7 Å². The molecule has 22 heavy (non-hydrogen) atoms. The van der Waals surface area contributed by atoms with Crippen LogP contribution in [-0.2, 0) is 10.0 Å². The molecule has 0 aliphatic heterocycles. The van der Waals surface area contributed by atoms with Crippen molar-refractivity contribution < 1.29 is 30.4 Å². The summed E-state index contributed by atoms with van der Waals surface area (Å²) in [5.41, 5.74) is -0.578. The standard InChI is InChI=1S/C13H8F5NO2S/c1-19(10-4-2-7(14)6-9(10)16)22(20,21)11-5-3-8(15)12(17)13(11)18/h2-6H,1H3. The third kappa shape index (κ3) is 2.63. The highest BCUT2D eigenvalue weighted by Gasteiger charge is 2.29. The van der Waals surface area contributed by atoms with Gasteiger partial charge in [0.05, 0.1) is 5.69 Å². The molecule has 3 nitrogen and oxygen atoms in total. The lowest BCUT2D eigenvalue weighted by atomic mass is 10.3. The first-order valence-corrected chi connectivity index (χ1v) is 7.17. The molecule has 2 aromatic rings. The summed E-state index contributed by atoms with van der Waals surface area (Å²) in [6, 6.07) is 3.00. The molecule has 0 aromatic heterocycles. The monoisotopic (exact) mass is 337 g/mol. The van der Waals surface area contributed by atoms with Crippen LogP contribution in [0, 0.1) is 29.1 Å². The zero-order valence-corrected chi connectivity index (χ0v) is 11.8. The van der Waals surface area contributed by atoms with Gasteiger partial charge in [-0.3, -0.25) is 4.31 Å². The Bertz CT molecular complexity index is 839. The maximum Gasteiger partial charge on any atom is 0.267 e. The Hall–Kier alpha value is -2.16. The molecule has 0 aliphatic carbocycles. The van der Waals surface area contributed by atoms with Gasteiger partial charge in [0.2, 0.25) is 0 Å². The minimum Gasteiger partial charge on any atom is -0.266 e. The lowest BCUT2D eigenvalue weighted by Gasteiger charge is -2.20. The highest BCUT2D eigenvalue weighted by atomic mass is 32.2. The van der Waals surface area contributed by atoms with E-state index < -0.39 is 49.7 Å². The molecule has 118 valence electrons. The van der Waals surface area contributed by atoms with Crippen LogP contribution in [0.2, 0.25) is 0 Å². The fourth-order valence-electron chi connectivity index (χ4n) is 1.72. The van der Waals surface area contributed by atoms with Gasteiger partial charge in [-0.15, -0.1) is 0 Å². The number of hydrogen-bond acceptors (Lipinski definition) is 2. The van der Waals surface area contributed by atoms with Crippen LogP contribution in [0.1, 0.15) is 0 Å². The second-order valence-corrected chi connectivity index (χ2v) is 6.18. The van der Waals surface area contributed by atoms with E-state index >= 15 is 0 Å². The molecule has 0 amide bonds. The normalized spacial score (nSPS) is 11.5. The number of nitrogens with zero attached hydrogens (tertiary/aromatic N) is 1. The van der Waals surface area contributed by atoms with Gasteiger partial charge in [-0.2, -0.15) is 0 Å². The van der Waals surface area contributed by atoms with E-state index in [1.165, 1.54) is 0 Å². The Labute approximate surface area is 122 Å². The highest BCUT2D eigenvalue weighted by Crippen LogP contribution is 2.28. The van der Waals surface area contributed by atoms with Crippen LogP contribution < -0.4 is 4.31 Å². The largest absolute Gasteiger partial charge is 0.267 e. The molecule has 9 heteroatoms. The van der Waals surface area contributed by atoms with Crippen LogP contribution in [-0.4, -0.2) is 15.5 Å². The number of benzene rings is 2. The summed E-state index contributed by atoms with van der Waals surface area (Å²) in [5.74, 6) is -7.60. The Morgan fingerprint density at radius 1 is 0.864 bits per heavy atom. The maximum absolute atomic E-state index is 13.6. The summed E-state index contributed by atoms with van der Waals surface area (Å²) in [6.45, 7) is 0. The second kappa shape index (κ2) is 5.56. The predicted octanol–water partition coefficient (Wildman–Crippen LogP) is 3.21. The second-order valence-electron chi connectivity index (χ2n) is 4.24. The van der Waals surface area contributed by atoms with E-state index in [4.69, 9.17) is 0 Å². The first-order valence-electron chi connectivity index (χ1n) is 5.73. The molecule has 0 N–H and O–H groups in total. The minimum atomic E-state index is -4.71. The zero-order valence-electron chi connectivity index (χ0n) is 10.9. The van der Waals surface area contributed by atoms with E-state index in [1.54, 1.807) is 0 Å². The minimum absolute atomic E-state index is 0.303. The van der Waals surface area contributed by atoms with E-state index in [2.05, 4.69) is 0 Å². The van der Waals surface area contributed by atoms with Crippen LogP contribution in [0.3, 0.4) is 0 Å². The molecular weight excluding hydrogens is 329 g/mol. The van der Waals surface area contributed by atoms with Crippen LogP contribution >= 0.6 is 0 Å². The molecule has 0 heterocycles. The Balaban J connectivity index is 2.57. The third-order valence-corrected chi connectivity index (χ3v) is 4.68. The first-order chi connectivity index (χ1) is 10.2. The van der Waals surface area contributed by atoms with Gasteiger partial charge in [0.1, 0.15) is 16.5 Å². The van der Waals surface area contributed by atoms with E-state index in [0.717, 1.165) is 19.2 Å². The van der Waals surface area contributed by atoms with Gasteiger partial charge in [0, 0.05) is 13.1 Å². The van der Waals surface area contributed by atoms with Crippen molar-refractivity contribution in [2.24, 2.45) is 0 Å². The maximum atomic E-state index is 13.6. The number of rotatable bonds is 3. The van der Waals surface area contributed by atoms with Gasteiger partial charge in [-0.05, 0) is 24.3 Å². The summed E-state index contributed by atoms with van der Waals surface area (Å²) >= 11 is 0. The fraction of sp³-hybridized carbons (Fsp3) is 0.0769. The van der Waals surface area contributed by atoms with Crippen molar-refractivity contribution in [1.29, 1.82) is 0 Å². The highest BCUT2D eigenvalue weighted by molar-refractivity contribution is 7.92. The summed E-state index contributed by atoms with van der Waals surface area (Å²) in [4.78, 5) is -1.17. The van der Waals surface area contributed by atoms with Crippen LogP contribution in [0.5, 0.6) is 0 Å². The number of hydrogen-bond donors (Lipinski definition) is 0. The lowest BCUT2D eigenvalue weighted by Crippen LogP contribution is -2.28. The lowest BCUT2D eigenvalue weighted by molar-refractivity contribution is 0.432. The average molecular weight is 337 g/mol. The van der Waals surface area contributed by atoms with Crippen LogP contribution in [0.4, 0.5) is 27.6 Å². The average Bonchev–Trinajstić information content (AvgIpc) is 2.44. The van der Waals surface area contributed by atoms with Gasteiger partial charge in [-0.1, -0.05) is 0 Å². The molecule has 0 saturated carbocycles. The van der Waals surface area contributed by atoms with Gasteiger partial charge >= 0.3 is 0 Å². The summed E-state index contributed by atoms with van der Waals surface area (Å²) < 4.78 is 90.8. The molecule has 0 unspecified atom stereocenters. The van der Waals surface area contributed by atoms with Gasteiger partial charge < -0.3 is 0 Å². The van der Waals surface area contributed by atoms with E-state index in [0.29, 0.717) is 22.5 Å². The fourth-order valence-corrected chi connectivity index (χ4v) is 2.98. The van der Waals surface area contributed by atoms with Gasteiger partial charge in [0.15, 0.2) is 17.5 Å². The smallest absolute Gasteiger partial charge is 0.266 e. The predicted molar refractivity (Wildman–Crippen MR) is 68.3 cm³/mol. The Kier molecular flexibility index (Phi) is 4.10. The van der Waals surface area contributed by atoms with Crippen molar-refractivity contribution in [1.82, 2.24) is 0 Å².